The number of aryl methyl sites for hydroxylation is 1. The molecule has 0 bridgehead atoms. The molecule has 0 radical (unpaired) electrons. The van der Waals surface area contributed by atoms with Crippen molar-refractivity contribution in [3.63, 3.8) is 0 Å². The third-order valence-corrected chi connectivity index (χ3v) is 6.18. The maximum atomic E-state index is 12.8. The van der Waals surface area contributed by atoms with E-state index in [1.54, 1.807) is 12.1 Å². The first-order valence-electron chi connectivity index (χ1n) is 9.04. The Hall–Kier alpha value is -2.00. The lowest BCUT2D eigenvalue weighted by molar-refractivity contribution is 0.0561. The summed E-state index contributed by atoms with van der Waals surface area (Å²) in [6.07, 6.45) is 5.58. The molecule has 1 N–H and O–H groups in total. The number of para-hydroxylation sites is 1. The van der Waals surface area contributed by atoms with Crippen LogP contribution in [0.2, 0.25) is 0 Å². The van der Waals surface area contributed by atoms with Crippen molar-refractivity contribution in [3.05, 3.63) is 41.7 Å². The third kappa shape index (κ3) is 4.84. The van der Waals surface area contributed by atoms with Gasteiger partial charge in [-0.05, 0) is 44.5 Å². The predicted molar refractivity (Wildman–Crippen MR) is 99.2 cm³/mol. The molecule has 27 heavy (non-hydrogen) atoms. The summed E-state index contributed by atoms with van der Waals surface area (Å²) in [6.45, 7) is 1.13. The van der Waals surface area contributed by atoms with Gasteiger partial charge in [-0.2, -0.15) is 13.9 Å². The van der Waals surface area contributed by atoms with E-state index in [0.717, 1.165) is 37.7 Å². The number of aromatic nitrogens is 2. The number of hydrogen-bond acceptors (Lipinski definition) is 4. The molecule has 9 heteroatoms. The van der Waals surface area contributed by atoms with E-state index in [1.807, 2.05) is 12.1 Å². The van der Waals surface area contributed by atoms with Crippen LogP contribution in [0.3, 0.4) is 0 Å². The van der Waals surface area contributed by atoms with Crippen molar-refractivity contribution in [3.8, 4) is 0 Å². The average molecular weight is 398 g/mol. The van der Waals surface area contributed by atoms with Crippen LogP contribution in [0.15, 0.2) is 35.4 Å². The maximum absolute atomic E-state index is 12.8. The fourth-order valence-electron chi connectivity index (χ4n) is 3.32. The van der Waals surface area contributed by atoms with Gasteiger partial charge < -0.3 is 0 Å². The second kappa shape index (κ2) is 8.35. The van der Waals surface area contributed by atoms with Crippen molar-refractivity contribution in [2.45, 2.75) is 50.6 Å². The zero-order chi connectivity index (χ0) is 19.4. The van der Waals surface area contributed by atoms with Crippen molar-refractivity contribution in [1.82, 2.24) is 14.7 Å². The Morgan fingerprint density at radius 1 is 1.15 bits per heavy atom. The fraction of sp³-hybridized carbons (Fsp3) is 0.500. The molecule has 1 saturated heterocycles. The molecule has 1 aliphatic rings. The van der Waals surface area contributed by atoms with Gasteiger partial charge in [-0.25, -0.2) is 13.1 Å². The summed E-state index contributed by atoms with van der Waals surface area (Å²) in [6, 6.07) is 7.19. The highest BCUT2D eigenvalue weighted by Gasteiger charge is 2.24. The van der Waals surface area contributed by atoms with Crippen LogP contribution in [0, 0.1) is 6.92 Å². The Morgan fingerprint density at radius 2 is 1.81 bits per heavy atom. The lowest BCUT2D eigenvalue weighted by atomic mass is 10.1. The molecule has 0 aliphatic carbocycles. The van der Waals surface area contributed by atoms with Crippen LogP contribution in [0.5, 0.6) is 0 Å². The van der Waals surface area contributed by atoms with Crippen LogP contribution in [0.1, 0.15) is 43.5 Å². The first-order chi connectivity index (χ1) is 12.9. The van der Waals surface area contributed by atoms with Gasteiger partial charge in [-0.1, -0.05) is 31.0 Å². The van der Waals surface area contributed by atoms with Gasteiger partial charge in [0.25, 0.3) is 10.0 Å². The zero-order valence-corrected chi connectivity index (χ0v) is 16.1. The molecular weight excluding hydrogens is 374 g/mol. The summed E-state index contributed by atoms with van der Waals surface area (Å²) in [5.41, 5.74) is 1.36. The summed E-state index contributed by atoms with van der Waals surface area (Å²) in [4.78, 5) is 2.08. The Bertz CT molecular complexity index is 875. The number of sulfonamides is 1. The van der Waals surface area contributed by atoms with E-state index in [9.17, 15) is 17.2 Å². The van der Waals surface area contributed by atoms with Gasteiger partial charge in [0.05, 0.1) is 17.6 Å². The number of alkyl halides is 2. The number of anilines is 1. The SMILES string of the molecule is Cc1nn(C(F)F)cc1S(=O)(=O)Nc1ccccc1CN1CCCCCC1. The summed E-state index contributed by atoms with van der Waals surface area (Å²) in [5.74, 6) is 0. The van der Waals surface area contributed by atoms with E-state index in [4.69, 9.17) is 0 Å². The summed E-state index contributed by atoms with van der Waals surface area (Å²) >= 11 is 0. The fourth-order valence-corrected chi connectivity index (χ4v) is 4.60. The molecule has 0 saturated carbocycles. The van der Waals surface area contributed by atoms with Gasteiger partial charge in [0.15, 0.2) is 0 Å². The van der Waals surface area contributed by atoms with Crippen molar-refractivity contribution < 1.29 is 17.2 Å². The Balaban J connectivity index is 1.82. The molecule has 6 nitrogen and oxygen atoms in total. The number of hydrogen-bond donors (Lipinski definition) is 1. The molecule has 0 atom stereocenters. The molecule has 2 aromatic rings. The zero-order valence-electron chi connectivity index (χ0n) is 15.2. The van der Waals surface area contributed by atoms with Crippen LogP contribution < -0.4 is 4.72 Å². The monoisotopic (exact) mass is 398 g/mol. The number of likely N-dealkylation sites (tertiary alicyclic amines) is 1. The van der Waals surface area contributed by atoms with Gasteiger partial charge in [-0.15, -0.1) is 0 Å². The normalized spacial score (nSPS) is 16.4. The van der Waals surface area contributed by atoms with Gasteiger partial charge in [0, 0.05) is 6.54 Å². The molecule has 1 aliphatic heterocycles. The van der Waals surface area contributed by atoms with Crippen molar-refractivity contribution >= 4 is 15.7 Å². The Labute approximate surface area is 158 Å². The van der Waals surface area contributed by atoms with Gasteiger partial charge in [0.1, 0.15) is 4.90 Å². The third-order valence-electron chi connectivity index (χ3n) is 4.72. The maximum Gasteiger partial charge on any atom is 0.333 e. The van der Waals surface area contributed by atoms with Crippen LogP contribution in [0.4, 0.5) is 14.5 Å². The number of rotatable bonds is 6. The molecule has 3 rings (SSSR count). The number of nitrogens with zero attached hydrogens (tertiary/aromatic N) is 3. The highest BCUT2D eigenvalue weighted by atomic mass is 32.2. The second-order valence-electron chi connectivity index (χ2n) is 6.79. The molecule has 0 unspecified atom stereocenters. The lowest BCUT2D eigenvalue weighted by Crippen LogP contribution is -2.25. The summed E-state index contributed by atoms with van der Waals surface area (Å²) < 4.78 is 54.0. The minimum atomic E-state index is -4.01. The van der Waals surface area contributed by atoms with E-state index in [-0.39, 0.29) is 10.6 Å². The smallest absolute Gasteiger partial charge is 0.299 e. The van der Waals surface area contributed by atoms with Crippen LogP contribution in [-0.2, 0) is 16.6 Å². The van der Waals surface area contributed by atoms with Crippen LogP contribution in [-0.4, -0.2) is 36.2 Å². The molecule has 148 valence electrons. The van der Waals surface area contributed by atoms with Gasteiger partial charge in [-0.3, -0.25) is 9.62 Å². The molecule has 1 fully saturated rings. The number of nitrogens with one attached hydrogen (secondary N) is 1. The number of halogens is 2. The Morgan fingerprint density at radius 3 is 2.44 bits per heavy atom. The topological polar surface area (TPSA) is 67.2 Å². The van der Waals surface area contributed by atoms with Crippen LogP contribution in [0.25, 0.3) is 0 Å². The van der Waals surface area contributed by atoms with E-state index in [1.165, 1.54) is 19.8 Å². The standard InChI is InChI=1S/C18H24F2N4O2S/c1-14-17(13-24(21-14)18(19)20)27(25,26)22-16-9-5-4-8-15(16)12-23-10-6-2-3-7-11-23/h4-5,8-9,13,18,22H,2-3,6-7,10-12H2,1H3. The number of benzene rings is 1. The minimum absolute atomic E-state index is 0.0350. The van der Waals surface area contributed by atoms with Crippen molar-refractivity contribution in [2.75, 3.05) is 17.8 Å². The molecule has 2 heterocycles. The van der Waals surface area contributed by atoms with Crippen molar-refractivity contribution in [2.24, 2.45) is 0 Å². The molecular formula is C18H24F2N4O2S. The van der Waals surface area contributed by atoms with Crippen LogP contribution >= 0.6 is 0 Å². The van der Waals surface area contributed by atoms with E-state index < -0.39 is 16.6 Å². The first kappa shape index (κ1) is 19.8. The second-order valence-corrected chi connectivity index (χ2v) is 8.44. The highest BCUT2D eigenvalue weighted by molar-refractivity contribution is 7.92. The highest BCUT2D eigenvalue weighted by Crippen LogP contribution is 2.25. The summed E-state index contributed by atoms with van der Waals surface area (Å²) in [5, 5.41) is 3.58. The van der Waals surface area contributed by atoms with E-state index >= 15 is 0 Å². The molecule has 1 aromatic heterocycles. The quantitative estimate of drug-likeness (QED) is 0.805. The van der Waals surface area contributed by atoms with Gasteiger partial charge >= 0.3 is 6.55 Å². The first-order valence-corrected chi connectivity index (χ1v) is 10.5. The largest absolute Gasteiger partial charge is 0.333 e. The lowest BCUT2D eigenvalue weighted by Gasteiger charge is -2.21. The molecule has 0 spiro atoms. The minimum Gasteiger partial charge on any atom is -0.299 e. The van der Waals surface area contributed by atoms with E-state index in [0.29, 0.717) is 16.9 Å². The Kier molecular flexibility index (Phi) is 6.11. The van der Waals surface area contributed by atoms with Gasteiger partial charge in [0.2, 0.25) is 0 Å². The molecule has 0 amide bonds. The summed E-state index contributed by atoms with van der Waals surface area (Å²) in [7, 11) is -4.01. The van der Waals surface area contributed by atoms with Crippen molar-refractivity contribution in [1.29, 1.82) is 0 Å². The van der Waals surface area contributed by atoms with E-state index in [2.05, 4.69) is 14.7 Å². The predicted octanol–water partition coefficient (Wildman–Crippen LogP) is 3.76. The average Bonchev–Trinajstić information content (AvgIpc) is 2.84. The molecule has 1 aromatic carbocycles.